The lowest BCUT2D eigenvalue weighted by molar-refractivity contribution is 0.0955. The minimum absolute atomic E-state index is 0.108. The van der Waals surface area contributed by atoms with Crippen molar-refractivity contribution in [2.75, 3.05) is 6.54 Å². The largest absolute Gasteiger partial charge is 0.352 e. The average molecular weight is 373 g/mol. The summed E-state index contributed by atoms with van der Waals surface area (Å²) >= 11 is 0. The van der Waals surface area contributed by atoms with Gasteiger partial charge >= 0.3 is 0 Å². The van der Waals surface area contributed by atoms with E-state index in [9.17, 15) is 9.18 Å². The maximum Gasteiger partial charge on any atom is 0.253 e. The molecule has 2 aromatic carbocycles. The number of pyridine rings is 1. The molecule has 1 N–H and O–H groups in total. The molecule has 0 aliphatic heterocycles. The Labute approximate surface area is 162 Å². The Balaban J connectivity index is 1.54. The predicted molar refractivity (Wildman–Crippen MR) is 108 cm³/mol. The summed E-state index contributed by atoms with van der Waals surface area (Å²) in [5.74, 6) is -0.369. The van der Waals surface area contributed by atoms with E-state index in [1.54, 1.807) is 18.5 Å². The monoisotopic (exact) mass is 373 g/mol. The Kier molecular flexibility index (Phi) is 5.15. The highest BCUT2D eigenvalue weighted by Gasteiger charge is 2.15. The van der Waals surface area contributed by atoms with Crippen LogP contribution in [-0.4, -0.2) is 22.0 Å². The second kappa shape index (κ2) is 8.05. The number of hydrogen-bond donors (Lipinski definition) is 1. The van der Waals surface area contributed by atoms with Crippen molar-refractivity contribution in [1.29, 1.82) is 0 Å². The summed E-state index contributed by atoms with van der Waals surface area (Å²) in [6.45, 7) is 1.05. The molecule has 0 radical (unpaired) electrons. The van der Waals surface area contributed by atoms with Crippen molar-refractivity contribution in [2.45, 2.75) is 13.0 Å². The molecule has 0 unspecified atom stereocenters. The first kappa shape index (κ1) is 17.9. The fraction of sp³-hybridized carbons (Fsp3) is 0.130. The van der Waals surface area contributed by atoms with Crippen molar-refractivity contribution >= 4 is 16.8 Å². The van der Waals surface area contributed by atoms with Crippen molar-refractivity contribution in [2.24, 2.45) is 0 Å². The van der Waals surface area contributed by atoms with Gasteiger partial charge in [-0.3, -0.25) is 9.78 Å². The van der Waals surface area contributed by atoms with Crippen LogP contribution in [0.5, 0.6) is 0 Å². The summed E-state index contributed by atoms with van der Waals surface area (Å²) < 4.78 is 15.5. The minimum Gasteiger partial charge on any atom is -0.352 e. The molecule has 0 saturated carbocycles. The molecule has 4 aromatic rings. The van der Waals surface area contributed by atoms with E-state index in [1.165, 1.54) is 12.1 Å². The van der Waals surface area contributed by atoms with E-state index in [4.69, 9.17) is 0 Å². The molecule has 0 atom stereocenters. The van der Waals surface area contributed by atoms with E-state index < -0.39 is 0 Å². The van der Waals surface area contributed by atoms with Crippen LogP contribution in [0.1, 0.15) is 21.5 Å². The molecule has 0 spiro atoms. The highest BCUT2D eigenvalue weighted by molar-refractivity contribution is 6.07. The third kappa shape index (κ3) is 3.93. The normalized spacial score (nSPS) is 10.9. The van der Waals surface area contributed by atoms with Gasteiger partial charge in [0.2, 0.25) is 0 Å². The number of amides is 1. The van der Waals surface area contributed by atoms with Gasteiger partial charge in [-0.25, -0.2) is 4.39 Å². The van der Waals surface area contributed by atoms with Crippen LogP contribution < -0.4 is 5.32 Å². The van der Waals surface area contributed by atoms with E-state index in [2.05, 4.69) is 10.3 Å². The van der Waals surface area contributed by atoms with Gasteiger partial charge in [0, 0.05) is 42.6 Å². The van der Waals surface area contributed by atoms with Crippen LogP contribution in [-0.2, 0) is 13.0 Å². The van der Waals surface area contributed by atoms with E-state index in [0.29, 0.717) is 18.7 Å². The molecular weight excluding hydrogens is 353 g/mol. The minimum atomic E-state index is -0.261. The predicted octanol–water partition coefficient (Wildman–Crippen LogP) is 4.20. The van der Waals surface area contributed by atoms with Crippen molar-refractivity contribution in [3.63, 3.8) is 0 Å². The van der Waals surface area contributed by atoms with Gasteiger partial charge in [0.15, 0.2) is 0 Å². The Hall–Kier alpha value is -3.47. The summed E-state index contributed by atoms with van der Waals surface area (Å²) in [4.78, 5) is 16.8. The molecule has 2 aromatic heterocycles. The molecule has 0 aliphatic carbocycles. The van der Waals surface area contributed by atoms with Crippen LogP contribution in [0.3, 0.4) is 0 Å². The fourth-order valence-electron chi connectivity index (χ4n) is 3.36. The van der Waals surface area contributed by atoms with E-state index in [1.807, 2.05) is 53.2 Å². The lowest BCUT2D eigenvalue weighted by atomic mass is 10.1. The van der Waals surface area contributed by atoms with Gasteiger partial charge in [-0.2, -0.15) is 0 Å². The van der Waals surface area contributed by atoms with Crippen molar-refractivity contribution < 1.29 is 9.18 Å². The number of fused-ring (bicyclic) bond motifs is 1. The third-order valence-corrected chi connectivity index (χ3v) is 4.72. The quantitative estimate of drug-likeness (QED) is 0.551. The molecule has 4 rings (SSSR count). The molecule has 0 bridgehead atoms. The summed E-state index contributed by atoms with van der Waals surface area (Å²) in [5, 5.41) is 3.88. The summed E-state index contributed by atoms with van der Waals surface area (Å²) in [6.07, 6.45) is 6.09. The van der Waals surface area contributed by atoms with Gasteiger partial charge in [-0.1, -0.05) is 30.3 Å². The summed E-state index contributed by atoms with van der Waals surface area (Å²) in [6, 6.07) is 18.2. The smallest absolute Gasteiger partial charge is 0.253 e. The Morgan fingerprint density at radius 3 is 2.64 bits per heavy atom. The number of nitrogens with zero attached hydrogens (tertiary/aromatic N) is 2. The molecule has 2 heterocycles. The topological polar surface area (TPSA) is 46.9 Å². The van der Waals surface area contributed by atoms with Crippen molar-refractivity contribution in [1.82, 2.24) is 14.9 Å². The first-order valence-electron chi connectivity index (χ1n) is 9.20. The lowest BCUT2D eigenvalue weighted by Crippen LogP contribution is -2.25. The number of nitrogens with one attached hydrogen (secondary N) is 1. The van der Waals surface area contributed by atoms with Crippen LogP contribution >= 0.6 is 0 Å². The number of hydrogen-bond acceptors (Lipinski definition) is 2. The highest BCUT2D eigenvalue weighted by Crippen LogP contribution is 2.22. The number of rotatable bonds is 6. The van der Waals surface area contributed by atoms with Crippen LogP contribution in [0.15, 0.2) is 79.3 Å². The Bertz CT molecular complexity index is 1110. The Morgan fingerprint density at radius 2 is 1.82 bits per heavy atom. The molecule has 0 fully saturated rings. The molecule has 1 amide bonds. The molecule has 28 heavy (non-hydrogen) atoms. The summed E-state index contributed by atoms with van der Waals surface area (Å²) in [7, 11) is 0. The average Bonchev–Trinajstić information content (AvgIpc) is 3.07. The Morgan fingerprint density at radius 1 is 1.00 bits per heavy atom. The van der Waals surface area contributed by atoms with E-state index in [0.717, 1.165) is 28.5 Å². The van der Waals surface area contributed by atoms with Crippen molar-refractivity contribution in [3.8, 4) is 0 Å². The lowest BCUT2D eigenvalue weighted by Gasteiger charge is -2.05. The van der Waals surface area contributed by atoms with Crippen LogP contribution in [0.4, 0.5) is 4.39 Å². The third-order valence-electron chi connectivity index (χ3n) is 4.72. The number of benzene rings is 2. The maximum atomic E-state index is 13.5. The highest BCUT2D eigenvalue weighted by atomic mass is 19.1. The second-order valence-corrected chi connectivity index (χ2v) is 6.68. The molecule has 0 aliphatic rings. The second-order valence-electron chi connectivity index (χ2n) is 6.68. The molecular formula is C23H20FN3O. The SMILES string of the molecule is O=C(NCCc1ccncc1)c1cn(Cc2cccc(F)c2)c2ccccc12. The standard InChI is InChI=1S/C23H20FN3O/c24-19-5-3-4-18(14-19)15-27-16-21(20-6-1-2-7-22(20)27)23(28)26-13-10-17-8-11-25-12-9-17/h1-9,11-12,14,16H,10,13,15H2,(H,26,28). The van der Waals surface area contributed by atoms with Gasteiger partial charge in [0.05, 0.1) is 5.56 Å². The number of aromatic nitrogens is 2. The van der Waals surface area contributed by atoms with Gasteiger partial charge < -0.3 is 9.88 Å². The molecule has 140 valence electrons. The molecule has 5 heteroatoms. The van der Waals surface area contributed by atoms with Gasteiger partial charge in [-0.15, -0.1) is 0 Å². The molecule has 0 saturated heterocycles. The summed E-state index contributed by atoms with van der Waals surface area (Å²) in [5.41, 5.74) is 3.56. The number of halogens is 1. The van der Waals surface area contributed by atoms with Crippen LogP contribution in [0.25, 0.3) is 10.9 Å². The number of para-hydroxylation sites is 1. The number of carbonyl (C=O) groups is 1. The van der Waals surface area contributed by atoms with Gasteiger partial charge in [-0.05, 0) is 47.9 Å². The van der Waals surface area contributed by atoms with Crippen LogP contribution in [0, 0.1) is 5.82 Å². The van der Waals surface area contributed by atoms with Gasteiger partial charge in [0.25, 0.3) is 5.91 Å². The fourth-order valence-corrected chi connectivity index (χ4v) is 3.36. The zero-order chi connectivity index (χ0) is 19.3. The van der Waals surface area contributed by atoms with Gasteiger partial charge in [0.1, 0.15) is 5.82 Å². The van der Waals surface area contributed by atoms with Crippen LogP contribution in [0.2, 0.25) is 0 Å². The number of carbonyl (C=O) groups excluding carboxylic acids is 1. The first-order valence-corrected chi connectivity index (χ1v) is 9.20. The van der Waals surface area contributed by atoms with E-state index in [-0.39, 0.29) is 11.7 Å². The zero-order valence-corrected chi connectivity index (χ0v) is 15.3. The first-order chi connectivity index (χ1) is 13.7. The van der Waals surface area contributed by atoms with E-state index >= 15 is 0 Å². The molecule has 4 nitrogen and oxygen atoms in total. The maximum absolute atomic E-state index is 13.5. The van der Waals surface area contributed by atoms with Crippen molar-refractivity contribution in [3.05, 3.63) is 102 Å². The zero-order valence-electron chi connectivity index (χ0n) is 15.3.